The summed E-state index contributed by atoms with van der Waals surface area (Å²) < 4.78 is 32.4. The van der Waals surface area contributed by atoms with Gasteiger partial charge in [-0.15, -0.1) is 12.4 Å². The van der Waals surface area contributed by atoms with Crippen molar-refractivity contribution >= 4 is 28.3 Å². The number of piperidine rings is 1. The van der Waals surface area contributed by atoms with E-state index in [-0.39, 0.29) is 34.7 Å². The predicted molar refractivity (Wildman–Crippen MR) is 101 cm³/mol. The number of carbonyl (C=O) groups is 1. The third-order valence-electron chi connectivity index (χ3n) is 4.55. The Labute approximate surface area is 161 Å². The number of halogens is 1. The monoisotopic (exact) mass is 408 g/mol. The number of carbonyl (C=O) groups excluding carboxylic acids is 1. The summed E-state index contributed by atoms with van der Waals surface area (Å²) in [6.07, 6.45) is 1.87. The Morgan fingerprint density at radius 1 is 1.35 bits per heavy atom. The molecule has 1 atom stereocenters. The zero-order valence-electron chi connectivity index (χ0n) is 15.7. The maximum atomic E-state index is 12.6. The zero-order chi connectivity index (χ0) is 18.6. The highest BCUT2D eigenvalue weighted by atomic mass is 35.5. The van der Waals surface area contributed by atoms with Crippen LogP contribution in [0.1, 0.15) is 38.1 Å². The van der Waals surface area contributed by atoms with Crippen LogP contribution in [0, 0.1) is 19.8 Å². The van der Waals surface area contributed by atoms with E-state index in [0.717, 1.165) is 25.9 Å². The molecule has 26 heavy (non-hydrogen) atoms. The van der Waals surface area contributed by atoms with E-state index in [2.05, 4.69) is 22.1 Å². The van der Waals surface area contributed by atoms with Crippen LogP contribution in [0.4, 0.5) is 0 Å². The second kappa shape index (κ2) is 9.68. The van der Waals surface area contributed by atoms with Crippen molar-refractivity contribution in [1.82, 2.24) is 20.1 Å². The molecule has 2 N–H and O–H groups in total. The number of rotatable bonds is 7. The number of hydrogen-bond acceptors (Lipinski definition) is 6. The smallest absolute Gasteiger partial charge is 0.246 e. The lowest BCUT2D eigenvalue weighted by atomic mass is 9.96. The summed E-state index contributed by atoms with van der Waals surface area (Å²) in [6.45, 7) is 9.97. The molecule has 0 spiro atoms. The van der Waals surface area contributed by atoms with E-state index in [1.54, 1.807) is 18.7 Å². The summed E-state index contributed by atoms with van der Waals surface area (Å²) in [4.78, 5) is 14.3. The normalized spacial score (nSPS) is 17.0. The van der Waals surface area contributed by atoms with Crippen LogP contribution in [0.15, 0.2) is 9.42 Å². The van der Waals surface area contributed by atoms with Crippen LogP contribution in [0.3, 0.4) is 0 Å². The molecule has 0 aliphatic carbocycles. The Morgan fingerprint density at radius 2 is 1.96 bits per heavy atom. The van der Waals surface area contributed by atoms with Crippen LogP contribution in [0.2, 0.25) is 0 Å². The van der Waals surface area contributed by atoms with Gasteiger partial charge in [0.1, 0.15) is 10.6 Å². The van der Waals surface area contributed by atoms with E-state index in [1.165, 1.54) is 6.92 Å². The Kier molecular flexibility index (Phi) is 8.52. The maximum Gasteiger partial charge on any atom is 0.246 e. The summed E-state index contributed by atoms with van der Waals surface area (Å²) >= 11 is 0. The molecule has 1 saturated heterocycles. The molecule has 2 rings (SSSR count). The third-order valence-corrected chi connectivity index (χ3v) is 6.33. The summed E-state index contributed by atoms with van der Waals surface area (Å²) in [5.41, 5.74) is 0.286. The van der Waals surface area contributed by atoms with Gasteiger partial charge in [-0.1, -0.05) is 12.1 Å². The van der Waals surface area contributed by atoms with Crippen LogP contribution >= 0.6 is 12.4 Å². The summed E-state index contributed by atoms with van der Waals surface area (Å²) in [7, 11) is -3.85. The van der Waals surface area contributed by atoms with Gasteiger partial charge < -0.3 is 14.7 Å². The lowest BCUT2D eigenvalue weighted by Crippen LogP contribution is -2.50. The van der Waals surface area contributed by atoms with Crippen molar-refractivity contribution in [2.75, 3.05) is 26.2 Å². The van der Waals surface area contributed by atoms with Crippen molar-refractivity contribution in [2.45, 2.75) is 51.5 Å². The molecule has 1 aromatic rings. The van der Waals surface area contributed by atoms with Crippen molar-refractivity contribution in [1.29, 1.82) is 0 Å². The molecule has 0 bridgehead atoms. The predicted octanol–water partition coefficient (Wildman–Crippen LogP) is 1.23. The minimum Gasteiger partial charge on any atom is -0.360 e. The first-order valence-corrected chi connectivity index (χ1v) is 10.2. The first kappa shape index (κ1) is 22.9. The zero-order valence-corrected chi connectivity index (χ0v) is 17.4. The number of hydrogen-bond donors (Lipinski definition) is 2. The van der Waals surface area contributed by atoms with Crippen molar-refractivity contribution in [3.63, 3.8) is 0 Å². The van der Waals surface area contributed by atoms with Crippen molar-refractivity contribution in [2.24, 2.45) is 5.92 Å². The highest BCUT2D eigenvalue weighted by molar-refractivity contribution is 7.89. The van der Waals surface area contributed by atoms with E-state index >= 15 is 0 Å². The fourth-order valence-corrected chi connectivity index (χ4v) is 4.71. The number of amides is 1. The maximum absolute atomic E-state index is 12.6. The van der Waals surface area contributed by atoms with E-state index in [1.807, 2.05) is 0 Å². The number of nitrogens with zero attached hydrogens (tertiary/aromatic N) is 2. The number of nitrogens with one attached hydrogen (secondary N) is 2. The van der Waals surface area contributed by atoms with Crippen LogP contribution in [-0.4, -0.2) is 56.6 Å². The minimum atomic E-state index is -3.85. The topological polar surface area (TPSA) is 105 Å². The van der Waals surface area contributed by atoms with Crippen LogP contribution < -0.4 is 10.0 Å². The Bertz CT molecular complexity index is 680. The van der Waals surface area contributed by atoms with E-state index < -0.39 is 16.1 Å². The van der Waals surface area contributed by atoms with Gasteiger partial charge >= 0.3 is 0 Å². The highest BCUT2D eigenvalue weighted by Gasteiger charge is 2.31. The summed E-state index contributed by atoms with van der Waals surface area (Å²) in [6, 6.07) is -0.830. The molecule has 1 aliphatic heterocycles. The van der Waals surface area contributed by atoms with Gasteiger partial charge in [0.2, 0.25) is 15.9 Å². The third kappa shape index (κ3) is 5.42. The molecular weight excluding hydrogens is 380 g/mol. The van der Waals surface area contributed by atoms with E-state index in [9.17, 15) is 13.2 Å². The standard InChI is InChI=1S/C16H28N4O4S.ClH/c1-5-17-10-14-6-8-20(9-7-14)16(21)12(3)19-25(22,23)15-11(2)18-24-13(15)4;/h12,14,17,19H,5-10H2,1-4H3;1H. The molecule has 0 radical (unpaired) electrons. The molecule has 0 aromatic carbocycles. The fourth-order valence-electron chi connectivity index (χ4n) is 3.18. The average Bonchev–Trinajstić information content (AvgIpc) is 2.91. The fraction of sp³-hybridized carbons (Fsp3) is 0.750. The first-order valence-electron chi connectivity index (χ1n) is 8.71. The van der Waals surface area contributed by atoms with Crippen molar-refractivity contribution < 1.29 is 17.7 Å². The van der Waals surface area contributed by atoms with Gasteiger partial charge in [-0.3, -0.25) is 4.79 Å². The molecule has 0 saturated carbocycles. The summed E-state index contributed by atoms with van der Waals surface area (Å²) in [5.74, 6) is 0.587. The average molecular weight is 409 g/mol. The van der Waals surface area contributed by atoms with E-state index in [0.29, 0.717) is 19.0 Å². The van der Waals surface area contributed by atoms with Gasteiger partial charge in [-0.2, -0.15) is 4.72 Å². The van der Waals surface area contributed by atoms with Crippen molar-refractivity contribution in [3.8, 4) is 0 Å². The van der Waals surface area contributed by atoms with Crippen LogP contribution in [0.5, 0.6) is 0 Å². The Balaban J connectivity index is 0.00000338. The van der Waals surface area contributed by atoms with Crippen molar-refractivity contribution in [3.05, 3.63) is 11.5 Å². The molecule has 1 amide bonds. The number of aromatic nitrogens is 1. The second-order valence-corrected chi connectivity index (χ2v) is 8.22. The molecule has 150 valence electrons. The molecule has 8 nitrogen and oxygen atoms in total. The van der Waals surface area contributed by atoms with Gasteiger partial charge in [0.25, 0.3) is 0 Å². The van der Waals surface area contributed by atoms with Crippen LogP contribution in [0.25, 0.3) is 0 Å². The van der Waals surface area contributed by atoms with Gasteiger partial charge in [0, 0.05) is 13.1 Å². The molecule has 2 heterocycles. The van der Waals surface area contributed by atoms with E-state index in [4.69, 9.17) is 4.52 Å². The molecular formula is C16H29ClN4O4S. The second-order valence-electron chi connectivity index (χ2n) is 6.57. The SMILES string of the molecule is CCNCC1CCN(C(=O)C(C)NS(=O)(=O)c2c(C)noc2C)CC1.Cl. The van der Waals surface area contributed by atoms with Gasteiger partial charge in [0.05, 0.1) is 6.04 Å². The molecule has 1 unspecified atom stereocenters. The lowest BCUT2D eigenvalue weighted by molar-refractivity contribution is -0.133. The Hall–Kier alpha value is -1.16. The van der Waals surface area contributed by atoms with Crippen LogP contribution in [-0.2, 0) is 14.8 Å². The number of aryl methyl sites for hydroxylation is 2. The minimum absolute atomic E-state index is 0. The number of sulfonamides is 1. The molecule has 1 aliphatic rings. The highest BCUT2D eigenvalue weighted by Crippen LogP contribution is 2.20. The number of likely N-dealkylation sites (tertiary alicyclic amines) is 1. The molecule has 10 heteroatoms. The lowest BCUT2D eigenvalue weighted by Gasteiger charge is -2.33. The quantitative estimate of drug-likeness (QED) is 0.703. The van der Waals surface area contributed by atoms with Gasteiger partial charge in [-0.25, -0.2) is 8.42 Å². The summed E-state index contributed by atoms with van der Waals surface area (Å²) in [5, 5.41) is 6.99. The Morgan fingerprint density at radius 3 is 2.46 bits per heavy atom. The molecule has 1 aromatic heterocycles. The molecule has 1 fully saturated rings. The van der Waals surface area contributed by atoms with Gasteiger partial charge in [0.15, 0.2) is 5.76 Å². The largest absolute Gasteiger partial charge is 0.360 e. The first-order chi connectivity index (χ1) is 11.8. The van der Waals surface area contributed by atoms with Gasteiger partial charge in [-0.05, 0) is 52.6 Å².